The van der Waals surface area contributed by atoms with Crippen LogP contribution in [0.1, 0.15) is 16.1 Å². The summed E-state index contributed by atoms with van der Waals surface area (Å²) in [5.74, 6) is 0.00618. The van der Waals surface area contributed by atoms with Gasteiger partial charge in [0, 0.05) is 21.8 Å². The second-order valence-corrected chi connectivity index (χ2v) is 9.37. The van der Waals surface area contributed by atoms with E-state index in [0.717, 1.165) is 16.7 Å². The van der Waals surface area contributed by atoms with Gasteiger partial charge < -0.3 is 19.8 Å². The maximum absolute atomic E-state index is 13.4. The summed E-state index contributed by atoms with van der Waals surface area (Å²) >= 11 is 1.16. The number of carbonyl (C=O) groups excluding carboxylic acids is 3. The molecule has 190 valence electrons. The van der Waals surface area contributed by atoms with Gasteiger partial charge in [0.2, 0.25) is 0 Å². The number of thioether (sulfide) groups is 1. The smallest absolute Gasteiger partial charge is 0.278 e. The number of rotatable bonds is 9. The number of hydrogen-bond donors (Lipinski definition) is 2. The zero-order chi connectivity index (χ0) is 26.5. The number of para-hydroxylation sites is 1. The van der Waals surface area contributed by atoms with E-state index < -0.39 is 11.8 Å². The van der Waals surface area contributed by atoms with Crippen molar-refractivity contribution in [2.24, 2.45) is 0 Å². The van der Waals surface area contributed by atoms with Gasteiger partial charge in [-0.2, -0.15) is 0 Å². The summed E-state index contributed by atoms with van der Waals surface area (Å²) in [6.45, 7) is 0.0205. The third-order valence-electron chi connectivity index (χ3n) is 5.73. The number of nitrogens with one attached hydrogen (secondary N) is 2. The Balaban J connectivity index is 1.39. The Morgan fingerprint density at radius 3 is 2.37 bits per heavy atom. The predicted molar refractivity (Wildman–Crippen MR) is 145 cm³/mol. The summed E-state index contributed by atoms with van der Waals surface area (Å²) in [4.78, 5) is 41.5. The Morgan fingerprint density at radius 1 is 0.895 bits per heavy atom. The van der Waals surface area contributed by atoms with Crippen molar-refractivity contribution >= 4 is 40.9 Å². The van der Waals surface area contributed by atoms with Gasteiger partial charge >= 0.3 is 0 Å². The lowest BCUT2D eigenvalue weighted by molar-refractivity contribution is -0.138. The monoisotopic (exact) mass is 525 g/mol. The molecule has 0 bridgehead atoms. The van der Waals surface area contributed by atoms with Crippen LogP contribution in [0.3, 0.4) is 0 Å². The van der Waals surface area contributed by atoms with Crippen LogP contribution in [0.2, 0.25) is 0 Å². The van der Waals surface area contributed by atoms with Crippen LogP contribution in [0, 0.1) is 0 Å². The van der Waals surface area contributed by atoms with E-state index in [1.54, 1.807) is 61.7 Å². The molecule has 8 nitrogen and oxygen atoms in total. The fraction of sp³-hybridized carbons (Fsp3) is 0.0690. The minimum atomic E-state index is -0.443. The van der Waals surface area contributed by atoms with Gasteiger partial charge in [-0.1, -0.05) is 36.0 Å². The van der Waals surface area contributed by atoms with Crippen molar-refractivity contribution in [1.82, 2.24) is 4.90 Å². The Kier molecular flexibility index (Phi) is 7.28. The molecule has 38 heavy (non-hydrogen) atoms. The van der Waals surface area contributed by atoms with E-state index in [-0.39, 0.29) is 23.1 Å². The molecule has 9 heteroatoms. The highest BCUT2D eigenvalue weighted by molar-refractivity contribution is 8.04. The Morgan fingerprint density at radius 2 is 1.66 bits per heavy atom. The van der Waals surface area contributed by atoms with Crippen molar-refractivity contribution in [2.75, 3.05) is 17.7 Å². The van der Waals surface area contributed by atoms with Gasteiger partial charge in [-0.3, -0.25) is 19.3 Å². The van der Waals surface area contributed by atoms with Crippen LogP contribution in [0.5, 0.6) is 5.75 Å². The third kappa shape index (κ3) is 5.47. The zero-order valence-corrected chi connectivity index (χ0v) is 21.2. The minimum Gasteiger partial charge on any atom is -0.497 e. The first-order chi connectivity index (χ1) is 18.5. The molecule has 0 atom stereocenters. The van der Waals surface area contributed by atoms with E-state index in [4.69, 9.17) is 9.15 Å². The molecule has 0 unspecified atom stereocenters. The van der Waals surface area contributed by atoms with Gasteiger partial charge in [0.1, 0.15) is 22.1 Å². The largest absolute Gasteiger partial charge is 0.497 e. The lowest BCUT2D eigenvalue weighted by Gasteiger charge is -2.13. The average molecular weight is 526 g/mol. The molecule has 3 amide bonds. The maximum Gasteiger partial charge on any atom is 0.278 e. The Hall–Kier alpha value is -4.76. The molecular weight excluding hydrogens is 502 g/mol. The number of imide groups is 1. The minimum absolute atomic E-state index is 0.0205. The molecule has 2 heterocycles. The first-order valence-corrected chi connectivity index (χ1v) is 12.5. The summed E-state index contributed by atoms with van der Waals surface area (Å²) in [6, 6.07) is 26.5. The molecule has 4 aromatic rings. The molecule has 1 aliphatic rings. The highest BCUT2D eigenvalue weighted by atomic mass is 32.2. The van der Waals surface area contributed by atoms with Gasteiger partial charge in [0.25, 0.3) is 17.7 Å². The van der Waals surface area contributed by atoms with E-state index in [1.807, 2.05) is 36.4 Å². The molecular formula is C29H23N3O5S. The quantitative estimate of drug-likeness (QED) is 0.277. The van der Waals surface area contributed by atoms with Gasteiger partial charge in [-0.25, -0.2) is 0 Å². The second-order valence-electron chi connectivity index (χ2n) is 8.28. The molecule has 2 N–H and O–H groups in total. The molecule has 0 saturated heterocycles. The first kappa shape index (κ1) is 24.9. The predicted octanol–water partition coefficient (Wildman–Crippen LogP) is 5.53. The van der Waals surface area contributed by atoms with Crippen molar-refractivity contribution in [3.63, 3.8) is 0 Å². The summed E-state index contributed by atoms with van der Waals surface area (Å²) in [5, 5.41) is 5.99. The molecule has 0 aliphatic carbocycles. The van der Waals surface area contributed by atoms with Gasteiger partial charge in [-0.05, 0) is 66.7 Å². The second kappa shape index (κ2) is 11.1. The van der Waals surface area contributed by atoms with Crippen LogP contribution in [-0.2, 0) is 16.1 Å². The van der Waals surface area contributed by atoms with Crippen molar-refractivity contribution < 1.29 is 23.5 Å². The molecule has 5 rings (SSSR count). The molecule has 3 aromatic carbocycles. The van der Waals surface area contributed by atoms with Crippen molar-refractivity contribution in [2.45, 2.75) is 11.4 Å². The van der Waals surface area contributed by atoms with Crippen LogP contribution < -0.4 is 15.4 Å². The number of anilines is 2. The van der Waals surface area contributed by atoms with E-state index in [9.17, 15) is 14.4 Å². The number of ether oxygens (including phenoxy) is 1. The van der Waals surface area contributed by atoms with Crippen LogP contribution in [0.15, 0.2) is 117 Å². The van der Waals surface area contributed by atoms with Gasteiger partial charge in [0.05, 0.1) is 19.9 Å². The Labute approximate surface area is 223 Å². The lowest BCUT2D eigenvalue weighted by Crippen LogP contribution is -2.31. The molecule has 0 spiro atoms. The van der Waals surface area contributed by atoms with Gasteiger partial charge in [-0.15, -0.1) is 0 Å². The SMILES string of the molecule is COc1ccc(C(=O)Nc2cccc(SC3=C(Nc4ccccc4)C(=O)N(Cc4ccco4)C3=O)c2)cc1. The number of methoxy groups -OCH3 is 1. The zero-order valence-electron chi connectivity index (χ0n) is 20.3. The fourth-order valence-corrected chi connectivity index (χ4v) is 4.83. The molecule has 1 aromatic heterocycles. The van der Waals surface area contributed by atoms with Crippen LogP contribution in [0.4, 0.5) is 11.4 Å². The topological polar surface area (TPSA) is 101 Å². The summed E-state index contributed by atoms with van der Waals surface area (Å²) < 4.78 is 10.5. The summed E-state index contributed by atoms with van der Waals surface area (Å²) in [7, 11) is 1.56. The van der Waals surface area contributed by atoms with Gasteiger partial charge in [0.15, 0.2) is 0 Å². The number of nitrogens with zero attached hydrogens (tertiary/aromatic N) is 1. The number of benzene rings is 3. The molecule has 0 saturated carbocycles. The van der Waals surface area contributed by atoms with Crippen molar-refractivity contribution in [3.05, 3.63) is 119 Å². The molecule has 0 fully saturated rings. The van der Waals surface area contributed by atoms with E-state index in [2.05, 4.69) is 10.6 Å². The van der Waals surface area contributed by atoms with Crippen molar-refractivity contribution in [1.29, 1.82) is 0 Å². The van der Waals surface area contributed by atoms with Crippen LogP contribution >= 0.6 is 11.8 Å². The average Bonchev–Trinajstić information content (AvgIpc) is 3.53. The summed E-state index contributed by atoms with van der Waals surface area (Å²) in [6.07, 6.45) is 1.50. The van der Waals surface area contributed by atoms with Crippen LogP contribution in [-0.4, -0.2) is 29.7 Å². The maximum atomic E-state index is 13.4. The number of hydrogen-bond acceptors (Lipinski definition) is 7. The highest BCUT2D eigenvalue weighted by Gasteiger charge is 2.39. The van der Waals surface area contributed by atoms with E-state index in [1.165, 1.54) is 6.26 Å². The summed E-state index contributed by atoms with van der Waals surface area (Å²) in [5.41, 5.74) is 1.90. The number of carbonyl (C=O) groups is 3. The fourth-order valence-electron chi connectivity index (χ4n) is 3.83. The normalized spacial score (nSPS) is 13.1. The van der Waals surface area contributed by atoms with Crippen LogP contribution in [0.25, 0.3) is 0 Å². The molecule has 1 aliphatic heterocycles. The number of amides is 3. The van der Waals surface area contributed by atoms with Crippen molar-refractivity contribution in [3.8, 4) is 5.75 Å². The van der Waals surface area contributed by atoms with E-state index in [0.29, 0.717) is 33.3 Å². The molecule has 0 radical (unpaired) electrons. The number of furan rings is 1. The lowest BCUT2D eigenvalue weighted by atomic mass is 10.2. The highest BCUT2D eigenvalue weighted by Crippen LogP contribution is 2.37. The first-order valence-electron chi connectivity index (χ1n) is 11.7. The third-order valence-corrected chi connectivity index (χ3v) is 6.80. The van der Waals surface area contributed by atoms with E-state index >= 15 is 0 Å². The Bertz CT molecular complexity index is 1500. The standard InChI is InChI=1S/C29H23N3O5S/c1-36-22-14-12-19(13-15-22)27(33)31-21-9-5-11-24(17-21)38-26-25(30-20-7-3-2-4-8-20)28(34)32(29(26)35)18-23-10-6-16-37-23/h2-17,30H,18H2,1H3,(H,31,33).